The number of nitrogens with one attached hydrogen (secondary N) is 1. The molecule has 116 valence electrons. The highest BCUT2D eigenvalue weighted by atomic mass is 16.2. The lowest BCUT2D eigenvalue weighted by molar-refractivity contribution is 0.185. The molecule has 1 fully saturated rings. The first-order chi connectivity index (χ1) is 10.2. The molecule has 0 saturated carbocycles. The van der Waals surface area contributed by atoms with Crippen molar-refractivity contribution in [1.29, 1.82) is 10.5 Å². The largest absolute Gasteiger partial charge is 0.329 e. The van der Waals surface area contributed by atoms with Crippen LogP contribution in [0.3, 0.4) is 0 Å². The van der Waals surface area contributed by atoms with E-state index in [-0.39, 0.29) is 6.03 Å². The van der Waals surface area contributed by atoms with Gasteiger partial charge in [0.1, 0.15) is 0 Å². The van der Waals surface area contributed by atoms with E-state index in [4.69, 9.17) is 16.3 Å². The van der Waals surface area contributed by atoms with E-state index in [1.165, 1.54) is 0 Å². The first-order valence-corrected chi connectivity index (χ1v) is 7.13. The summed E-state index contributed by atoms with van der Waals surface area (Å²) in [5.74, 6) is 0. The lowest BCUT2D eigenvalue weighted by Gasteiger charge is -2.23. The predicted octanol–water partition coefficient (Wildman–Crippen LogP) is -1.38. The molecular weight excluding hydrogens is 270 g/mol. The van der Waals surface area contributed by atoms with Crippen LogP contribution in [0.15, 0.2) is 0 Å². The van der Waals surface area contributed by atoms with Crippen molar-refractivity contribution >= 4 is 6.03 Å². The highest BCUT2D eigenvalue weighted by Gasteiger charge is 2.27. The second-order valence-electron chi connectivity index (χ2n) is 4.81. The van der Waals surface area contributed by atoms with Crippen molar-refractivity contribution in [2.75, 3.05) is 65.4 Å². The number of nitrogens with zero attached hydrogens (tertiary/aromatic N) is 5. The van der Waals surface area contributed by atoms with Gasteiger partial charge in [-0.3, -0.25) is 4.90 Å². The van der Waals surface area contributed by atoms with E-state index >= 15 is 0 Å². The molecule has 1 rings (SSSR count). The van der Waals surface area contributed by atoms with Crippen LogP contribution in [0.2, 0.25) is 0 Å². The molecule has 0 aromatic rings. The molecule has 1 heterocycles. The zero-order valence-corrected chi connectivity index (χ0v) is 12.3. The Morgan fingerprint density at radius 2 is 1.90 bits per heavy atom. The Balaban J connectivity index is 2.31. The molecule has 2 amide bonds. The van der Waals surface area contributed by atoms with Crippen molar-refractivity contribution in [3.8, 4) is 12.1 Å². The molecule has 8 nitrogen and oxygen atoms in total. The third-order valence-electron chi connectivity index (χ3n) is 3.37. The predicted molar refractivity (Wildman–Crippen MR) is 78.1 cm³/mol. The SMILES string of the molecule is N#CCNCCN(CC#N)CCN1CCN(CCN)C1=O. The third kappa shape index (κ3) is 5.96. The maximum Gasteiger partial charge on any atom is 0.320 e. The second kappa shape index (κ2) is 9.94. The molecule has 0 aromatic heterocycles. The summed E-state index contributed by atoms with van der Waals surface area (Å²) < 4.78 is 0. The molecule has 3 N–H and O–H groups in total. The van der Waals surface area contributed by atoms with Crippen LogP contribution in [0.5, 0.6) is 0 Å². The van der Waals surface area contributed by atoms with Crippen LogP contribution in [-0.2, 0) is 0 Å². The summed E-state index contributed by atoms with van der Waals surface area (Å²) in [6, 6.07) is 4.16. The molecule has 0 unspecified atom stereocenters. The molecule has 0 spiro atoms. The Labute approximate surface area is 125 Å². The molecule has 0 radical (unpaired) electrons. The average molecular weight is 293 g/mol. The van der Waals surface area contributed by atoms with Crippen LogP contribution in [-0.4, -0.2) is 86.2 Å². The van der Waals surface area contributed by atoms with Crippen LogP contribution < -0.4 is 11.1 Å². The van der Waals surface area contributed by atoms with Crippen molar-refractivity contribution in [3.05, 3.63) is 0 Å². The number of amides is 2. The van der Waals surface area contributed by atoms with Crippen LogP contribution in [0, 0.1) is 22.7 Å². The summed E-state index contributed by atoms with van der Waals surface area (Å²) in [4.78, 5) is 17.6. The van der Waals surface area contributed by atoms with Gasteiger partial charge in [-0.25, -0.2) is 4.79 Å². The molecule has 8 heteroatoms. The number of nitrogens with two attached hydrogens (primary N) is 1. The summed E-state index contributed by atoms with van der Waals surface area (Å²) in [5.41, 5.74) is 5.47. The maximum absolute atomic E-state index is 12.0. The number of rotatable bonds is 10. The van der Waals surface area contributed by atoms with Gasteiger partial charge in [0.05, 0.1) is 25.2 Å². The fourth-order valence-corrected chi connectivity index (χ4v) is 2.22. The van der Waals surface area contributed by atoms with Gasteiger partial charge in [0.25, 0.3) is 0 Å². The van der Waals surface area contributed by atoms with E-state index in [9.17, 15) is 4.79 Å². The van der Waals surface area contributed by atoms with Crippen LogP contribution in [0.4, 0.5) is 4.79 Å². The van der Waals surface area contributed by atoms with Gasteiger partial charge in [0, 0.05) is 52.4 Å². The van der Waals surface area contributed by atoms with Crippen LogP contribution >= 0.6 is 0 Å². The Hall–Kier alpha value is -1.87. The van der Waals surface area contributed by atoms with Gasteiger partial charge in [-0.15, -0.1) is 0 Å². The van der Waals surface area contributed by atoms with Gasteiger partial charge in [-0.2, -0.15) is 10.5 Å². The van der Waals surface area contributed by atoms with Crippen molar-refractivity contribution in [3.63, 3.8) is 0 Å². The lowest BCUT2D eigenvalue weighted by atomic mass is 10.4. The molecule has 0 aliphatic carbocycles. The maximum atomic E-state index is 12.0. The van der Waals surface area contributed by atoms with Crippen LogP contribution in [0.1, 0.15) is 0 Å². The minimum Gasteiger partial charge on any atom is -0.329 e. The van der Waals surface area contributed by atoms with Gasteiger partial charge >= 0.3 is 6.03 Å². The zero-order valence-electron chi connectivity index (χ0n) is 12.3. The topological polar surface area (TPSA) is 112 Å². The highest BCUT2D eigenvalue weighted by molar-refractivity contribution is 5.76. The van der Waals surface area contributed by atoms with E-state index in [0.717, 1.165) is 6.54 Å². The number of hydrogen-bond acceptors (Lipinski definition) is 6. The molecule has 1 aliphatic heterocycles. The summed E-state index contributed by atoms with van der Waals surface area (Å²) in [5, 5.41) is 20.2. The van der Waals surface area contributed by atoms with Crippen molar-refractivity contribution in [2.24, 2.45) is 5.73 Å². The Morgan fingerprint density at radius 1 is 1.19 bits per heavy atom. The fraction of sp³-hybridized carbons (Fsp3) is 0.769. The van der Waals surface area contributed by atoms with E-state index in [1.54, 1.807) is 9.80 Å². The Bertz CT molecular complexity index is 400. The normalized spacial score (nSPS) is 14.6. The van der Waals surface area contributed by atoms with Gasteiger partial charge in [-0.05, 0) is 0 Å². The van der Waals surface area contributed by atoms with Gasteiger partial charge < -0.3 is 20.9 Å². The van der Waals surface area contributed by atoms with Gasteiger partial charge in [0.2, 0.25) is 0 Å². The lowest BCUT2D eigenvalue weighted by Crippen LogP contribution is -2.41. The number of carbonyl (C=O) groups excluding carboxylic acids is 1. The summed E-state index contributed by atoms with van der Waals surface area (Å²) in [6.07, 6.45) is 0. The number of nitriles is 2. The summed E-state index contributed by atoms with van der Waals surface area (Å²) in [6.45, 7) is 5.74. The van der Waals surface area contributed by atoms with Crippen molar-refractivity contribution in [2.45, 2.75) is 0 Å². The Morgan fingerprint density at radius 3 is 2.52 bits per heavy atom. The van der Waals surface area contributed by atoms with E-state index in [1.807, 2.05) is 11.0 Å². The van der Waals surface area contributed by atoms with E-state index in [2.05, 4.69) is 11.4 Å². The molecule has 0 atom stereocenters. The number of hydrogen-bond donors (Lipinski definition) is 2. The molecule has 1 saturated heterocycles. The summed E-state index contributed by atoms with van der Waals surface area (Å²) in [7, 11) is 0. The molecule has 21 heavy (non-hydrogen) atoms. The third-order valence-corrected chi connectivity index (χ3v) is 3.37. The highest BCUT2D eigenvalue weighted by Crippen LogP contribution is 2.07. The van der Waals surface area contributed by atoms with Gasteiger partial charge in [-0.1, -0.05) is 0 Å². The Kier molecular flexibility index (Phi) is 8.14. The van der Waals surface area contributed by atoms with E-state index < -0.39 is 0 Å². The summed E-state index contributed by atoms with van der Waals surface area (Å²) >= 11 is 0. The fourth-order valence-electron chi connectivity index (χ4n) is 2.22. The van der Waals surface area contributed by atoms with Crippen molar-refractivity contribution < 1.29 is 4.79 Å². The van der Waals surface area contributed by atoms with E-state index in [0.29, 0.717) is 58.9 Å². The van der Waals surface area contributed by atoms with Crippen molar-refractivity contribution in [1.82, 2.24) is 20.0 Å². The standard InChI is InChI=1S/C13H23N7O/c14-1-4-17-5-8-18(6-2-15)9-10-20-12-11-19(7-3-16)13(20)21/h17H,3-12,16H2. The number of urea groups is 1. The minimum atomic E-state index is 0.0277. The van der Waals surface area contributed by atoms with Crippen LogP contribution in [0.25, 0.3) is 0 Å². The average Bonchev–Trinajstić information content (AvgIpc) is 2.82. The monoisotopic (exact) mass is 293 g/mol. The second-order valence-corrected chi connectivity index (χ2v) is 4.81. The first kappa shape index (κ1) is 17.2. The van der Waals surface area contributed by atoms with Gasteiger partial charge in [0.15, 0.2) is 0 Å². The first-order valence-electron chi connectivity index (χ1n) is 7.13. The quantitative estimate of drug-likeness (QED) is 0.379. The molecule has 1 aliphatic rings. The number of carbonyl (C=O) groups is 1. The zero-order chi connectivity index (χ0) is 15.5. The smallest absolute Gasteiger partial charge is 0.320 e. The molecule has 0 bridgehead atoms. The molecular formula is C13H23N7O. The molecule has 0 aromatic carbocycles. The minimum absolute atomic E-state index is 0.0277.